The lowest BCUT2D eigenvalue weighted by atomic mass is 9.91. The van der Waals surface area contributed by atoms with Crippen LogP contribution in [0.2, 0.25) is 0 Å². The number of hydrogen-bond acceptors (Lipinski definition) is 5. The highest BCUT2D eigenvalue weighted by Gasteiger charge is 2.50. The van der Waals surface area contributed by atoms with Gasteiger partial charge < -0.3 is 19.7 Å². The van der Waals surface area contributed by atoms with E-state index in [2.05, 4.69) is 5.32 Å². The molecule has 1 aliphatic carbocycles. The highest BCUT2D eigenvalue weighted by molar-refractivity contribution is 6.09. The third-order valence-corrected chi connectivity index (χ3v) is 5.71. The van der Waals surface area contributed by atoms with E-state index in [0.717, 1.165) is 24.2 Å². The lowest BCUT2D eigenvalue weighted by Gasteiger charge is -2.26. The van der Waals surface area contributed by atoms with Crippen LogP contribution in [0.25, 0.3) is 0 Å². The Morgan fingerprint density at radius 2 is 1.97 bits per heavy atom. The van der Waals surface area contributed by atoms with Crippen molar-refractivity contribution in [1.29, 1.82) is 0 Å². The minimum Gasteiger partial charge on any atom is -0.486 e. The van der Waals surface area contributed by atoms with Gasteiger partial charge >= 0.3 is 6.03 Å². The molecule has 2 heterocycles. The van der Waals surface area contributed by atoms with Crippen LogP contribution in [-0.2, 0) is 15.1 Å². The molecular weight excluding hydrogens is 374 g/mol. The predicted molar refractivity (Wildman–Crippen MR) is 105 cm³/mol. The van der Waals surface area contributed by atoms with Crippen LogP contribution in [0.1, 0.15) is 38.7 Å². The summed E-state index contributed by atoms with van der Waals surface area (Å²) < 4.78 is 11.1. The Morgan fingerprint density at radius 1 is 1.24 bits per heavy atom. The molecule has 0 unspecified atom stereocenters. The van der Waals surface area contributed by atoms with Crippen LogP contribution in [0.3, 0.4) is 0 Å². The van der Waals surface area contributed by atoms with E-state index in [4.69, 9.17) is 9.47 Å². The Morgan fingerprint density at radius 3 is 2.66 bits per heavy atom. The summed E-state index contributed by atoms with van der Waals surface area (Å²) in [5.41, 5.74) is -0.655. The molecule has 1 aromatic carbocycles. The lowest BCUT2D eigenvalue weighted by molar-refractivity contribution is -0.139. The number of hydrogen-bond donors (Lipinski definition) is 1. The summed E-state index contributed by atoms with van der Waals surface area (Å²) in [7, 11) is 0. The molecule has 4 amide bonds. The van der Waals surface area contributed by atoms with Crippen LogP contribution < -0.4 is 14.8 Å². The number of rotatable bonds is 7. The number of urea groups is 1. The molecule has 1 saturated carbocycles. The van der Waals surface area contributed by atoms with Gasteiger partial charge in [0.2, 0.25) is 5.91 Å². The third kappa shape index (κ3) is 3.75. The molecule has 0 aromatic heterocycles. The van der Waals surface area contributed by atoms with Gasteiger partial charge in [-0.2, -0.15) is 0 Å². The molecule has 1 aromatic rings. The second-order valence-electron chi connectivity index (χ2n) is 8.09. The molecule has 0 radical (unpaired) electrons. The molecule has 8 heteroatoms. The molecule has 1 saturated heterocycles. The zero-order valence-electron chi connectivity index (χ0n) is 16.9. The second kappa shape index (κ2) is 7.57. The van der Waals surface area contributed by atoms with Crippen molar-refractivity contribution in [3.63, 3.8) is 0 Å². The van der Waals surface area contributed by atoms with Crippen LogP contribution in [0.15, 0.2) is 18.2 Å². The summed E-state index contributed by atoms with van der Waals surface area (Å²) in [6, 6.07) is 4.65. The third-order valence-electron chi connectivity index (χ3n) is 5.71. The number of benzene rings is 1. The maximum Gasteiger partial charge on any atom is 0.325 e. The molecule has 156 valence electrons. The van der Waals surface area contributed by atoms with Gasteiger partial charge in [0.15, 0.2) is 11.5 Å². The average molecular weight is 401 g/mol. The van der Waals surface area contributed by atoms with E-state index in [9.17, 15) is 14.4 Å². The van der Waals surface area contributed by atoms with Gasteiger partial charge in [0.25, 0.3) is 5.91 Å². The summed E-state index contributed by atoms with van der Waals surface area (Å²) in [6.45, 7) is 5.68. The number of carbonyl (C=O) groups is 3. The summed E-state index contributed by atoms with van der Waals surface area (Å²) in [5.74, 6) is 1.09. The molecule has 0 spiro atoms. The molecule has 4 rings (SSSR count). The van der Waals surface area contributed by atoms with Crippen molar-refractivity contribution in [2.45, 2.75) is 38.6 Å². The topological polar surface area (TPSA) is 88.2 Å². The van der Waals surface area contributed by atoms with Gasteiger partial charge in [-0.1, -0.05) is 13.0 Å². The Balaban J connectivity index is 1.51. The molecule has 1 atom stereocenters. The van der Waals surface area contributed by atoms with Gasteiger partial charge in [-0.25, -0.2) is 4.79 Å². The maximum absolute atomic E-state index is 13.2. The maximum atomic E-state index is 13.2. The van der Waals surface area contributed by atoms with Gasteiger partial charge in [0, 0.05) is 13.1 Å². The fourth-order valence-electron chi connectivity index (χ4n) is 3.83. The van der Waals surface area contributed by atoms with Gasteiger partial charge in [0.05, 0.1) is 0 Å². The van der Waals surface area contributed by atoms with E-state index in [1.54, 1.807) is 30.0 Å². The number of amides is 4. The Bertz CT molecular complexity index is 838. The van der Waals surface area contributed by atoms with Crippen molar-refractivity contribution < 1.29 is 23.9 Å². The van der Waals surface area contributed by atoms with Crippen molar-refractivity contribution in [1.82, 2.24) is 15.1 Å². The number of carbonyl (C=O) groups excluding carboxylic acids is 3. The SMILES string of the molecule is CCCN(CC1CC1)C(=O)CN1C(=O)N[C@@](C)(c2ccc3c(c2)OCCO3)C1=O. The second-order valence-corrected chi connectivity index (χ2v) is 8.09. The first-order chi connectivity index (χ1) is 13.9. The molecule has 8 nitrogen and oxygen atoms in total. The average Bonchev–Trinajstić information content (AvgIpc) is 3.51. The van der Waals surface area contributed by atoms with E-state index < -0.39 is 17.5 Å². The van der Waals surface area contributed by atoms with Crippen molar-refractivity contribution in [2.24, 2.45) is 5.92 Å². The Kier molecular flexibility index (Phi) is 5.10. The van der Waals surface area contributed by atoms with Gasteiger partial charge in [0.1, 0.15) is 25.3 Å². The fraction of sp³-hybridized carbons (Fsp3) is 0.571. The highest BCUT2D eigenvalue weighted by atomic mass is 16.6. The van der Waals surface area contributed by atoms with Crippen LogP contribution >= 0.6 is 0 Å². The molecule has 0 bridgehead atoms. The van der Waals surface area contributed by atoms with Crippen LogP contribution in [-0.4, -0.2) is 60.5 Å². The standard InChI is InChI=1S/C21H27N3O5/c1-3-8-23(12-14-4-5-14)18(25)13-24-19(26)21(2,22-20(24)27)15-6-7-16-17(11-15)29-10-9-28-16/h6-7,11,14H,3-5,8-10,12-13H2,1-2H3,(H,22,27)/t21-/m0/s1. The van der Waals surface area contributed by atoms with E-state index >= 15 is 0 Å². The number of ether oxygens (including phenoxy) is 2. The number of imide groups is 1. The van der Waals surface area contributed by atoms with Gasteiger partial charge in [-0.05, 0) is 49.8 Å². The summed E-state index contributed by atoms with van der Waals surface area (Å²) in [4.78, 5) is 41.3. The first-order valence-corrected chi connectivity index (χ1v) is 10.2. The van der Waals surface area contributed by atoms with Gasteiger partial charge in [-0.15, -0.1) is 0 Å². The van der Waals surface area contributed by atoms with Crippen molar-refractivity contribution in [3.05, 3.63) is 23.8 Å². The molecule has 3 aliphatic rings. The number of fused-ring (bicyclic) bond motifs is 1. The van der Waals surface area contributed by atoms with Crippen molar-refractivity contribution in [3.8, 4) is 11.5 Å². The smallest absolute Gasteiger partial charge is 0.325 e. The first kappa shape index (κ1) is 19.5. The zero-order chi connectivity index (χ0) is 20.6. The summed E-state index contributed by atoms with van der Waals surface area (Å²) in [5, 5.41) is 2.75. The quantitative estimate of drug-likeness (QED) is 0.705. The first-order valence-electron chi connectivity index (χ1n) is 10.2. The van der Waals surface area contributed by atoms with E-state index in [1.807, 2.05) is 6.92 Å². The van der Waals surface area contributed by atoms with Crippen molar-refractivity contribution >= 4 is 17.8 Å². The van der Waals surface area contributed by atoms with E-state index in [1.165, 1.54) is 0 Å². The van der Waals surface area contributed by atoms with Crippen LogP contribution in [0.5, 0.6) is 11.5 Å². The Labute approximate surface area is 170 Å². The normalized spacial score (nSPS) is 23.2. The minimum atomic E-state index is -1.25. The fourth-order valence-corrected chi connectivity index (χ4v) is 3.83. The molecule has 29 heavy (non-hydrogen) atoms. The molecule has 2 aliphatic heterocycles. The van der Waals surface area contributed by atoms with Crippen LogP contribution in [0, 0.1) is 5.92 Å². The number of nitrogens with one attached hydrogen (secondary N) is 1. The molecule has 1 N–H and O–H groups in total. The van der Waals surface area contributed by atoms with E-state index in [-0.39, 0.29) is 12.5 Å². The predicted octanol–water partition coefficient (Wildman–Crippen LogP) is 1.87. The van der Waals surface area contributed by atoms with Crippen molar-refractivity contribution in [2.75, 3.05) is 32.8 Å². The molecule has 2 fully saturated rings. The van der Waals surface area contributed by atoms with Gasteiger partial charge in [-0.3, -0.25) is 14.5 Å². The Hall–Kier alpha value is -2.77. The minimum absolute atomic E-state index is 0.186. The summed E-state index contributed by atoms with van der Waals surface area (Å²) >= 11 is 0. The zero-order valence-corrected chi connectivity index (χ0v) is 16.9. The van der Waals surface area contributed by atoms with Crippen LogP contribution in [0.4, 0.5) is 4.79 Å². The lowest BCUT2D eigenvalue weighted by Crippen LogP contribution is -2.45. The largest absolute Gasteiger partial charge is 0.486 e. The monoisotopic (exact) mass is 401 g/mol. The van der Waals surface area contributed by atoms with E-state index in [0.29, 0.717) is 49.3 Å². The molecular formula is C21H27N3O5. The summed E-state index contributed by atoms with van der Waals surface area (Å²) in [6.07, 6.45) is 3.12. The highest BCUT2D eigenvalue weighted by Crippen LogP contribution is 2.37. The number of nitrogens with zero attached hydrogens (tertiary/aromatic N) is 2.